The molecule has 0 aromatic heterocycles. The second kappa shape index (κ2) is 11.4. The van der Waals surface area contributed by atoms with Crippen LogP contribution in [0.5, 0.6) is 0 Å². The van der Waals surface area contributed by atoms with E-state index in [1.807, 2.05) is 17.0 Å². The largest absolute Gasteiger partial charge is 0.481 e. The average Bonchev–Trinajstić information content (AvgIpc) is 2.88. The number of thioether (sulfide) groups is 1. The minimum Gasteiger partial charge on any atom is -0.481 e. The van der Waals surface area contributed by atoms with Gasteiger partial charge in [0.15, 0.2) is 0 Å². The SMILES string of the molecule is O=C(O)C1CC=CCC1C(=O)Nc1cccc(SCC(=O)N2CCN(c3ccc(F)cc3)CC2)c1. The van der Waals surface area contributed by atoms with E-state index >= 15 is 0 Å². The molecule has 2 aromatic carbocycles. The van der Waals surface area contributed by atoms with E-state index in [1.165, 1.54) is 23.9 Å². The number of piperazine rings is 1. The monoisotopic (exact) mass is 497 g/mol. The molecule has 9 heteroatoms. The molecule has 0 saturated carbocycles. The second-order valence-corrected chi connectivity index (χ2v) is 9.69. The van der Waals surface area contributed by atoms with Crippen LogP contribution in [0.1, 0.15) is 12.8 Å². The van der Waals surface area contributed by atoms with E-state index < -0.39 is 17.8 Å². The van der Waals surface area contributed by atoms with Gasteiger partial charge >= 0.3 is 5.97 Å². The predicted octanol–water partition coefficient (Wildman–Crippen LogP) is 3.87. The summed E-state index contributed by atoms with van der Waals surface area (Å²) in [4.78, 5) is 41.8. The van der Waals surface area contributed by atoms with Crippen molar-refractivity contribution in [2.24, 2.45) is 11.8 Å². The normalized spacial score (nSPS) is 19.9. The molecule has 0 radical (unpaired) electrons. The summed E-state index contributed by atoms with van der Waals surface area (Å²) < 4.78 is 13.1. The van der Waals surface area contributed by atoms with Crippen molar-refractivity contribution in [1.82, 2.24) is 4.90 Å². The molecule has 35 heavy (non-hydrogen) atoms. The predicted molar refractivity (Wildman–Crippen MR) is 134 cm³/mol. The molecular formula is C26H28FN3O4S. The molecule has 2 unspecified atom stereocenters. The van der Waals surface area contributed by atoms with Crippen molar-refractivity contribution in [3.8, 4) is 0 Å². The first-order valence-corrected chi connectivity index (χ1v) is 12.6. The first-order chi connectivity index (χ1) is 16.9. The number of amides is 2. The number of hydrogen-bond acceptors (Lipinski definition) is 5. The van der Waals surface area contributed by atoms with E-state index in [9.17, 15) is 23.9 Å². The maximum absolute atomic E-state index is 13.1. The molecule has 4 rings (SSSR count). The van der Waals surface area contributed by atoms with Crippen LogP contribution in [0.4, 0.5) is 15.8 Å². The lowest BCUT2D eigenvalue weighted by Gasteiger charge is -2.36. The third kappa shape index (κ3) is 6.42. The molecule has 1 saturated heterocycles. The van der Waals surface area contributed by atoms with Crippen molar-refractivity contribution >= 4 is 40.9 Å². The van der Waals surface area contributed by atoms with Crippen LogP contribution in [0.3, 0.4) is 0 Å². The molecule has 0 bridgehead atoms. The zero-order valence-electron chi connectivity index (χ0n) is 19.2. The van der Waals surface area contributed by atoms with Gasteiger partial charge in [0, 0.05) is 42.4 Å². The molecule has 2 atom stereocenters. The van der Waals surface area contributed by atoms with Crippen LogP contribution < -0.4 is 10.2 Å². The number of carboxylic acids is 1. The maximum atomic E-state index is 13.1. The van der Waals surface area contributed by atoms with Crippen LogP contribution in [0.15, 0.2) is 65.6 Å². The van der Waals surface area contributed by atoms with Gasteiger partial charge in [0.2, 0.25) is 11.8 Å². The minimum atomic E-state index is -0.962. The van der Waals surface area contributed by atoms with Crippen molar-refractivity contribution in [3.05, 3.63) is 66.5 Å². The van der Waals surface area contributed by atoms with Gasteiger partial charge in [0.25, 0.3) is 0 Å². The summed E-state index contributed by atoms with van der Waals surface area (Å²) in [6.45, 7) is 2.59. The molecule has 1 aliphatic heterocycles. The van der Waals surface area contributed by atoms with Gasteiger partial charge in [-0.2, -0.15) is 0 Å². The van der Waals surface area contributed by atoms with Gasteiger partial charge < -0.3 is 20.2 Å². The number of allylic oxidation sites excluding steroid dienone is 2. The fraction of sp³-hybridized carbons (Fsp3) is 0.346. The highest BCUT2D eigenvalue weighted by Crippen LogP contribution is 2.28. The fourth-order valence-electron chi connectivity index (χ4n) is 4.38. The van der Waals surface area contributed by atoms with Crippen molar-refractivity contribution in [2.45, 2.75) is 17.7 Å². The van der Waals surface area contributed by atoms with Crippen molar-refractivity contribution in [1.29, 1.82) is 0 Å². The van der Waals surface area contributed by atoms with Crippen LogP contribution >= 0.6 is 11.8 Å². The lowest BCUT2D eigenvalue weighted by molar-refractivity contribution is -0.146. The summed E-state index contributed by atoms with van der Waals surface area (Å²) in [5.41, 5.74) is 1.53. The number of anilines is 2. The van der Waals surface area contributed by atoms with Gasteiger partial charge in [-0.15, -0.1) is 11.8 Å². The highest BCUT2D eigenvalue weighted by atomic mass is 32.2. The number of benzene rings is 2. The van der Waals surface area contributed by atoms with Gasteiger partial charge in [0.05, 0.1) is 17.6 Å². The Bertz CT molecular complexity index is 1100. The second-order valence-electron chi connectivity index (χ2n) is 8.64. The van der Waals surface area contributed by atoms with E-state index in [2.05, 4.69) is 10.2 Å². The van der Waals surface area contributed by atoms with E-state index in [0.29, 0.717) is 44.7 Å². The summed E-state index contributed by atoms with van der Waals surface area (Å²) >= 11 is 1.40. The summed E-state index contributed by atoms with van der Waals surface area (Å²) in [5.74, 6) is -2.54. The first-order valence-electron chi connectivity index (χ1n) is 11.6. The van der Waals surface area contributed by atoms with E-state index in [-0.39, 0.29) is 23.4 Å². The Balaban J connectivity index is 1.27. The molecule has 2 aromatic rings. The zero-order valence-corrected chi connectivity index (χ0v) is 20.0. The standard InChI is InChI=1S/C26H28FN3O4S/c27-18-8-10-20(11-9-18)29-12-14-30(15-13-29)24(31)17-35-21-5-3-4-19(16-21)28-25(32)22-6-1-2-7-23(22)26(33)34/h1-5,8-11,16,22-23H,6-7,12-15,17H2,(H,28,32)(H,33,34). The Morgan fingerprint density at radius 3 is 2.34 bits per heavy atom. The molecular weight excluding hydrogens is 469 g/mol. The number of carbonyl (C=O) groups is 3. The Hall–Kier alpha value is -3.33. The highest BCUT2D eigenvalue weighted by molar-refractivity contribution is 8.00. The topological polar surface area (TPSA) is 89.9 Å². The average molecular weight is 498 g/mol. The lowest BCUT2D eigenvalue weighted by Crippen LogP contribution is -2.49. The van der Waals surface area contributed by atoms with E-state index in [4.69, 9.17) is 0 Å². The summed E-state index contributed by atoms with van der Waals surface area (Å²) in [6, 6.07) is 13.6. The van der Waals surface area contributed by atoms with Gasteiger partial charge in [-0.1, -0.05) is 18.2 Å². The summed E-state index contributed by atoms with van der Waals surface area (Å²) in [5, 5.41) is 12.2. The smallest absolute Gasteiger partial charge is 0.307 e. The Labute approximate surface area is 208 Å². The Morgan fingerprint density at radius 1 is 0.971 bits per heavy atom. The number of halogens is 1. The van der Waals surface area contributed by atoms with E-state index in [1.54, 1.807) is 36.4 Å². The minimum absolute atomic E-state index is 0.0430. The zero-order chi connectivity index (χ0) is 24.8. The Kier molecular flexibility index (Phi) is 8.07. The molecule has 7 nitrogen and oxygen atoms in total. The van der Waals surface area contributed by atoms with Gasteiger partial charge in [-0.05, 0) is 55.3 Å². The summed E-state index contributed by atoms with van der Waals surface area (Å²) in [7, 11) is 0. The third-order valence-corrected chi connectivity index (χ3v) is 7.35. The molecule has 1 fully saturated rings. The molecule has 2 aliphatic rings. The van der Waals surface area contributed by atoms with Crippen molar-refractivity contribution in [3.63, 3.8) is 0 Å². The molecule has 2 amide bonds. The highest BCUT2D eigenvalue weighted by Gasteiger charge is 2.34. The maximum Gasteiger partial charge on any atom is 0.307 e. The molecule has 1 aliphatic carbocycles. The number of nitrogens with one attached hydrogen (secondary N) is 1. The first kappa shape index (κ1) is 24.8. The number of aliphatic carboxylic acids is 1. The van der Waals surface area contributed by atoms with Crippen LogP contribution in [0, 0.1) is 17.7 Å². The molecule has 1 heterocycles. The lowest BCUT2D eigenvalue weighted by atomic mass is 9.82. The Morgan fingerprint density at radius 2 is 1.66 bits per heavy atom. The molecule has 184 valence electrons. The van der Waals surface area contributed by atoms with Gasteiger partial charge in [-0.3, -0.25) is 14.4 Å². The number of carboxylic acid groups (broad SMARTS) is 1. The number of nitrogens with zero attached hydrogens (tertiary/aromatic N) is 2. The van der Waals surface area contributed by atoms with Crippen molar-refractivity contribution in [2.75, 3.05) is 42.1 Å². The van der Waals surface area contributed by atoms with E-state index in [0.717, 1.165) is 10.6 Å². The molecule has 2 N–H and O–H groups in total. The summed E-state index contributed by atoms with van der Waals surface area (Å²) in [6.07, 6.45) is 4.41. The quantitative estimate of drug-likeness (QED) is 0.446. The number of hydrogen-bond donors (Lipinski definition) is 2. The van der Waals surface area contributed by atoms with Crippen LogP contribution in [-0.2, 0) is 14.4 Å². The van der Waals surface area contributed by atoms with Crippen LogP contribution in [0.2, 0.25) is 0 Å². The fourth-order valence-corrected chi connectivity index (χ4v) is 5.24. The molecule has 0 spiro atoms. The van der Waals surface area contributed by atoms with Gasteiger partial charge in [-0.25, -0.2) is 4.39 Å². The van der Waals surface area contributed by atoms with Crippen molar-refractivity contribution < 1.29 is 23.9 Å². The third-order valence-electron chi connectivity index (χ3n) is 6.37. The van der Waals surface area contributed by atoms with Crippen LogP contribution in [0.25, 0.3) is 0 Å². The van der Waals surface area contributed by atoms with Gasteiger partial charge in [0.1, 0.15) is 5.82 Å². The number of carbonyl (C=O) groups excluding carboxylic acids is 2. The van der Waals surface area contributed by atoms with Crippen LogP contribution in [-0.4, -0.2) is 59.7 Å². The number of rotatable bonds is 7.